The summed E-state index contributed by atoms with van der Waals surface area (Å²) in [6.07, 6.45) is 0. The molecule has 1 heterocycles. The first-order valence-corrected chi connectivity index (χ1v) is 6.91. The van der Waals surface area contributed by atoms with Crippen LogP contribution in [0.3, 0.4) is 0 Å². The van der Waals surface area contributed by atoms with Crippen molar-refractivity contribution in [3.8, 4) is 0 Å². The molecule has 2 aromatic rings. The number of rotatable bonds is 4. The van der Waals surface area contributed by atoms with Crippen LogP contribution in [0.2, 0.25) is 0 Å². The fourth-order valence-corrected chi connectivity index (χ4v) is 2.49. The Hall–Kier alpha value is -2.48. The highest BCUT2D eigenvalue weighted by Gasteiger charge is 2.17. The maximum absolute atomic E-state index is 12.3. The number of nitrogens with zero attached hydrogens (tertiary/aromatic N) is 4. The number of amides is 1. The van der Waals surface area contributed by atoms with Crippen LogP contribution in [0.5, 0.6) is 0 Å². The lowest BCUT2D eigenvalue weighted by molar-refractivity contribution is 0.0789. The van der Waals surface area contributed by atoms with Crippen LogP contribution in [-0.2, 0) is 6.54 Å². The summed E-state index contributed by atoms with van der Waals surface area (Å²) in [5.74, 6) is -0.0926. The first-order valence-electron chi connectivity index (χ1n) is 6.14. The highest BCUT2D eigenvalue weighted by Crippen LogP contribution is 2.14. The second-order valence-corrected chi connectivity index (χ2v) is 5.29. The third kappa shape index (κ3) is 3.34. The van der Waals surface area contributed by atoms with Gasteiger partial charge in [0.25, 0.3) is 5.91 Å². The summed E-state index contributed by atoms with van der Waals surface area (Å²) < 4.78 is 3.76. The molecule has 0 saturated carbocycles. The van der Waals surface area contributed by atoms with E-state index in [1.807, 2.05) is 6.07 Å². The summed E-state index contributed by atoms with van der Waals surface area (Å²) in [5, 5.41) is 15.5. The van der Waals surface area contributed by atoms with Crippen molar-refractivity contribution in [2.45, 2.75) is 13.5 Å². The Morgan fingerprint density at radius 2 is 2.29 bits per heavy atom. The van der Waals surface area contributed by atoms with E-state index in [2.05, 4.69) is 14.7 Å². The van der Waals surface area contributed by atoms with Gasteiger partial charge in [0.2, 0.25) is 0 Å². The van der Waals surface area contributed by atoms with Crippen molar-refractivity contribution in [3.63, 3.8) is 0 Å². The third-order valence-corrected chi connectivity index (χ3v) is 3.76. The largest absolute Gasteiger partial charge is 0.409 e. The molecular weight excluding hydrogens is 290 g/mol. The molecule has 0 atom stereocenters. The van der Waals surface area contributed by atoms with E-state index in [1.165, 1.54) is 0 Å². The van der Waals surface area contributed by atoms with Crippen molar-refractivity contribution in [1.82, 2.24) is 14.5 Å². The molecule has 0 aliphatic heterocycles. The number of aromatic nitrogens is 2. The molecule has 0 radical (unpaired) electrons. The Labute approximate surface area is 125 Å². The van der Waals surface area contributed by atoms with E-state index in [0.29, 0.717) is 22.7 Å². The van der Waals surface area contributed by atoms with Gasteiger partial charge in [0.15, 0.2) is 5.84 Å². The highest BCUT2D eigenvalue weighted by molar-refractivity contribution is 7.07. The van der Waals surface area contributed by atoms with Crippen LogP contribution < -0.4 is 5.73 Å². The molecule has 2 rings (SSSR count). The van der Waals surface area contributed by atoms with Gasteiger partial charge in [-0.25, -0.2) is 0 Å². The number of nitrogens with two attached hydrogens (primary N) is 1. The third-order valence-electron chi connectivity index (χ3n) is 2.94. The standard InChI is InChI=1S/C13H15N5O2S/c1-8-11(21-17-15-8)13(19)18(2)7-9-4-3-5-10(6-9)12(14)16-20/h3-6,20H,7H2,1-2H3,(H2,14,16). The van der Waals surface area contributed by atoms with Crippen LogP contribution in [0.15, 0.2) is 29.4 Å². The van der Waals surface area contributed by atoms with E-state index in [9.17, 15) is 4.79 Å². The van der Waals surface area contributed by atoms with Crippen LogP contribution >= 0.6 is 11.5 Å². The van der Waals surface area contributed by atoms with Crippen LogP contribution in [0, 0.1) is 6.92 Å². The Kier molecular flexibility index (Phi) is 4.49. The minimum absolute atomic E-state index is 0.0355. The Bertz CT molecular complexity index is 683. The van der Waals surface area contributed by atoms with Gasteiger partial charge in [0.05, 0.1) is 5.69 Å². The molecule has 0 bridgehead atoms. The lowest BCUT2D eigenvalue weighted by Gasteiger charge is -2.16. The van der Waals surface area contributed by atoms with Crippen LogP contribution in [-0.4, -0.2) is 38.5 Å². The number of aryl methyl sites for hydroxylation is 1. The molecule has 1 amide bonds. The molecule has 0 saturated heterocycles. The molecular formula is C13H15N5O2S. The van der Waals surface area contributed by atoms with Crippen molar-refractivity contribution in [2.75, 3.05) is 7.05 Å². The first-order chi connectivity index (χ1) is 10.0. The fourth-order valence-electron chi connectivity index (χ4n) is 1.83. The quantitative estimate of drug-likeness (QED) is 0.382. The number of hydrogen-bond acceptors (Lipinski definition) is 6. The molecule has 1 aromatic heterocycles. The van der Waals surface area contributed by atoms with E-state index in [-0.39, 0.29) is 11.7 Å². The summed E-state index contributed by atoms with van der Waals surface area (Å²) in [6.45, 7) is 2.16. The van der Waals surface area contributed by atoms with Crippen molar-refractivity contribution in [1.29, 1.82) is 0 Å². The van der Waals surface area contributed by atoms with Gasteiger partial charge in [0, 0.05) is 19.2 Å². The molecule has 21 heavy (non-hydrogen) atoms. The minimum Gasteiger partial charge on any atom is -0.409 e. The topological polar surface area (TPSA) is 105 Å². The molecule has 0 aliphatic carbocycles. The second kappa shape index (κ2) is 6.31. The lowest BCUT2D eigenvalue weighted by atomic mass is 10.1. The zero-order valence-electron chi connectivity index (χ0n) is 11.6. The summed E-state index contributed by atoms with van der Waals surface area (Å²) >= 11 is 1.08. The lowest BCUT2D eigenvalue weighted by Crippen LogP contribution is -2.26. The number of hydrogen-bond donors (Lipinski definition) is 2. The zero-order valence-corrected chi connectivity index (χ0v) is 12.5. The van der Waals surface area contributed by atoms with Gasteiger partial charge in [-0.05, 0) is 30.1 Å². The molecule has 0 spiro atoms. The smallest absolute Gasteiger partial charge is 0.267 e. The number of benzene rings is 1. The molecule has 110 valence electrons. The van der Waals surface area contributed by atoms with E-state index < -0.39 is 0 Å². The van der Waals surface area contributed by atoms with Gasteiger partial charge in [-0.1, -0.05) is 27.8 Å². The maximum atomic E-state index is 12.3. The van der Waals surface area contributed by atoms with Gasteiger partial charge in [-0.3, -0.25) is 4.79 Å². The average Bonchev–Trinajstić information content (AvgIpc) is 2.92. The molecule has 3 N–H and O–H groups in total. The Morgan fingerprint density at radius 1 is 1.52 bits per heavy atom. The summed E-state index contributed by atoms with van der Waals surface area (Å²) in [7, 11) is 1.71. The summed E-state index contributed by atoms with van der Waals surface area (Å²) in [6, 6.07) is 7.17. The fraction of sp³-hybridized carbons (Fsp3) is 0.231. The minimum atomic E-state index is -0.128. The van der Waals surface area contributed by atoms with Gasteiger partial charge in [0.1, 0.15) is 4.88 Å². The Balaban J connectivity index is 2.15. The van der Waals surface area contributed by atoms with Crippen LogP contribution in [0.4, 0.5) is 0 Å². The molecule has 0 fully saturated rings. The van der Waals surface area contributed by atoms with Crippen molar-refractivity contribution >= 4 is 23.3 Å². The number of amidine groups is 1. The van der Waals surface area contributed by atoms with E-state index in [0.717, 1.165) is 17.1 Å². The normalized spacial score (nSPS) is 11.4. The average molecular weight is 305 g/mol. The van der Waals surface area contributed by atoms with Crippen molar-refractivity contribution < 1.29 is 10.0 Å². The molecule has 1 aromatic carbocycles. The van der Waals surface area contributed by atoms with E-state index in [1.54, 1.807) is 37.1 Å². The monoisotopic (exact) mass is 305 g/mol. The number of carbonyl (C=O) groups excluding carboxylic acids is 1. The van der Waals surface area contributed by atoms with Crippen molar-refractivity contribution in [2.24, 2.45) is 10.9 Å². The van der Waals surface area contributed by atoms with Crippen LogP contribution in [0.25, 0.3) is 0 Å². The molecule has 0 aliphatic rings. The van der Waals surface area contributed by atoms with Gasteiger partial charge >= 0.3 is 0 Å². The maximum Gasteiger partial charge on any atom is 0.267 e. The SMILES string of the molecule is Cc1nnsc1C(=O)N(C)Cc1cccc(C(N)=NO)c1. The predicted octanol–water partition coefficient (Wildman–Crippen LogP) is 1.21. The molecule has 7 nitrogen and oxygen atoms in total. The van der Waals surface area contributed by atoms with E-state index >= 15 is 0 Å². The Morgan fingerprint density at radius 3 is 2.90 bits per heavy atom. The van der Waals surface area contributed by atoms with Gasteiger partial charge in [-0.2, -0.15) is 0 Å². The first kappa shape index (κ1) is 14.9. The number of carbonyl (C=O) groups is 1. The highest BCUT2D eigenvalue weighted by atomic mass is 32.1. The van der Waals surface area contributed by atoms with Gasteiger partial charge in [-0.15, -0.1) is 5.10 Å². The second-order valence-electron chi connectivity index (χ2n) is 4.53. The van der Waals surface area contributed by atoms with Crippen LogP contribution in [0.1, 0.15) is 26.5 Å². The van der Waals surface area contributed by atoms with Crippen molar-refractivity contribution in [3.05, 3.63) is 46.0 Å². The predicted molar refractivity (Wildman–Crippen MR) is 79.4 cm³/mol. The summed E-state index contributed by atoms with van der Waals surface area (Å²) in [4.78, 5) is 14.4. The number of oxime groups is 1. The molecule has 8 heteroatoms. The van der Waals surface area contributed by atoms with Gasteiger partial charge < -0.3 is 15.8 Å². The van der Waals surface area contributed by atoms with E-state index in [4.69, 9.17) is 10.9 Å². The molecule has 0 unspecified atom stereocenters. The summed E-state index contributed by atoms with van der Waals surface area (Å²) in [5.41, 5.74) is 7.67. The zero-order chi connectivity index (χ0) is 15.4.